The lowest BCUT2D eigenvalue weighted by Crippen LogP contribution is -2.12. The first kappa shape index (κ1) is 15.5. The van der Waals surface area contributed by atoms with Crippen molar-refractivity contribution in [3.8, 4) is 26.6 Å². The molecule has 2 aliphatic rings. The Bertz CT molecular complexity index is 1060. The van der Waals surface area contributed by atoms with Gasteiger partial charge in [-0.25, -0.2) is 0 Å². The Balaban J connectivity index is 1.89. The molecule has 126 valence electrons. The van der Waals surface area contributed by atoms with Gasteiger partial charge in [-0.1, -0.05) is 0 Å². The quantitative estimate of drug-likeness (QED) is 0.548. The van der Waals surface area contributed by atoms with Crippen molar-refractivity contribution in [2.75, 3.05) is 5.73 Å². The van der Waals surface area contributed by atoms with Gasteiger partial charge >= 0.3 is 0 Å². The average molecular weight is 385 g/mol. The van der Waals surface area contributed by atoms with E-state index in [-0.39, 0.29) is 0 Å². The van der Waals surface area contributed by atoms with Crippen molar-refractivity contribution in [1.82, 2.24) is 0 Å². The van der Waals surface area contributed by atoms with Gasteiger partial charge in [-0.05, 0) is 44.4 Å². The third-order valence-electron chi connectivity index (χ3n) is 4.99. The predicted octanol–water partition coefficient (Wildman–Crippen LogP) is 5.70. The largest absolute Gasteiger partial charge is 0.488 e. The van der Waals surface area contributed by atoms with Gasteiger partial charge in [0, 0.05) is 48.6 Å². The van der Waals surface area contributed by atoms with Crippen LogP contribution in [0, 0.1) is 13.8 Å². The molecule has 6 heteroatoms. The minimum atomic E-state index is 0.610. The van der Waals surface area contributed by atoms with Crippen LogP contribution in [0.25, 0.3) is 20.9 Å². The number of aryl methyl sites for hydroxylation is 3. The highest BCUT2D eigenvalue weighted by Gasteiger charge is 2.33. The zero-order valence-electron chi connectivity index (χ0n) is 13.9. The number of fused-ring (bicyclic) bond motifs is 7. The van der Waals surface area contributed by atoms with Crippen LogP contribution in [0.4, 0.5) is 11.4 Å². The van der Waals surface area contributed by atoms with Gasteiger partial charge < -0.3 is 10.5 Å². The summed E-state index contributed by atoms with van der Waals surface area (Å²) < 4.78 is 10.4. The van der Waals surface area contributed by atoms with Crippen molar-refractivity contribution in [2.24, 2.45) is 4.36 Å². The standard InChI is InChI=1S/C19H16N2OS3/c1-8-5-10-3-4-12-13(18(10)24-8)16(21-23)15(20)14-17(12)22-7-11-6-9(2)25-19(11)14/h5-6H,3-4,7,20H2,1-2H3. The van der Waals surface area contributed by atoms with Crippen LogP contribution in [0.2, 0.25) is 0 Å². The highest BCUT2D eigenvalue weighted by Crippen LogP contribution is 2.57. The Morgan fingerprint density at radius 3 is 2.44 bits per heavy atom. The lowest BCUT2D eigenvalue weighted by Gasteiger charge is -2.28. The molecule has 0 spiro atoms. The van der Waals surface area contributed by atoms with Crippen molar-refractivity contribution < 1.29 is 4.74 Å². The molecule has 0 atom stereocenters. The number of benzene rings is 1. The molecule has 0 unspecified atom stereocenters. The molecule has 1 aromatic carbocycles. The van der Waals surface area contributed by atoms with Gasteiger partial charge in [0.15, 0.2) is 0 Å². The van der Waals surface area contributed by atoms with Crippen LogP contribution in [0.5, 0.6) is 5.75 Å². The van der Waals surface area contributed by atoms with Crippen molar-refractivity contribution in [2.45, 2.75) is 33.3 Å². The highest BCUT2D eigenvalue weighted by atomic mass is 32.1. The fourth-order valence-corrected chi connectivity index (χ4v) is 6.41. The molecule has 5 rings (SSSR count). The summed E-state index contributed by atoms with van der Waals surface area (Å²) in [6.07, 6.45) is 1.97. The van der Waals surface area contributed by atoms with Crippen LogP contribution >= 0.6 is 22.7 Å². The molecule has 0 saturated carbocycles. The summed E-state index contributed by atoms with van der Waals surface area (Å²) in [6.45, 7) is 4.88. The van der Waals surface area contributed by atoms with E-state index in [2.05, 4.69) is 30.3 Å². The Morgan fingerprint density at radius 1 is 1.04 bits per heavy atom. The zero-order valence-corrected chi connectivity index (χ0v) is 16.4. The number of hydrogen-bond acceptors (Lipinski definition) is 6. The van der Waals surface area contributed by atoms with Gasteiger partial charge in [0.25, 0.3) is 0 Å². The second kappa shape index (κ2) is 5.37. The van der Waals surface area contributed by atoms with E-state index < -0.39 is 0 Å². The Morgan fingerprint density at radius 2 is 1.72 bits per heavy atom. The number of anilines is 1. The smallest absolute Gasteiger partial charge is 0.134 e. The number of nitrogens with zero attached hydrogens (tertiary/aromatic N) is 1. The molecule has 0 saturated heterocycles. The maximum Gasteiger partial charge on any atom is 0.134 e. The van der Waals surface area contributed by atoms with E-state index in [1.54, 1.807) is 22.7 Å². The summed E-state index contributed by atoms with van der Waals surface area (Å²) in [6, 6.07) is 4.46. The Labute approximate surface area is 159 Å². The molecule has 0 amide bonds. The molecule has 3 heterocycles. The summed E-state index contributed by atoms with van der Waals surface area (Å²) in [7, 11) is 0. The lowest BCUT2D eigenvalue weighted by molar-refractivity contribution is 0.300. The summed E-state index contributed by atoms with van der Waals surface area (Å²) in [5.41, 5.74) is 13.9. The molecule has 1 aliphatic heterocycles. The van der Waals surface area contributed by atoms with Gasteiger partial charge in [0.05, 0.1) is 11.3 Å². The molecular weight excluding hydrogens is 368 g/mol. The van der Waals surface area contributed by atoms with Crippen molar-refractivity contribution in [3.63, 3.8) is 0 Å². The van der Waals surface area contributed by atoms with Gasteiger partial charge in [-0.15, -0.1) is 22.7 Å². The van der Waals surface area contributed by atoms with E-state index in [9.17, 15) is 0 Å². The monoisotopic (exact) mass is 384 g/mol. The van der Waals surface area contributed by atoms with E-state index >= 15 is 0 Å². The van der Waals surface area contributed by atoms with Crippen LogP contribution < -0.4 is 10.5 Å². The highest BCUT2D eigenvalue weighted by molar-refractivity contribution is 7.47. The second-order valence-corrected chi connectivity index (χ2v) is 9.32. The third kappa shape index (κ3) is 2.08. The number of nitrogens with two attached hydrogens (primary N) is 1. The predicted molar refractivity (Wildman–Crippen MR) is 108 cm³/mol. The van der Waals surface area contributed by atoms with Gasteiger partial charge in [-0.3, -0.25) is 0 Å². The molecule has 3 aromatic rings. The van der Waals surface area contributed by atoms with Crippen LogP contribution in [0.3, 0.4) is 0 Å². The number of nitrogen functional groups attached to an aromatic ring is 1. The minimum Gasteiger partial charge on any atom is -0.488 e. The molecule has 2 aromatic heterocycles. The van der Waals surface area contributed by atoms with Crippen LogP contribution in [0.1, 0.15) is 26.4 Å². The van der Waals surface area contributed by atoms with E-state index in [1.807, 2.05) is 0 Å². The minimum absolute atomic E-state index is 0.610. The van der Waals surface area contributed by atoms with E-state index in [0.717, 1.165) is 35.4 Å². The molecule has 2 N–H and O–H groups in total. The Hall–Kier alpha value is -1.76. The van der Waals surface area contributed by atoms with Gasteiger partial charge in [0.2, 0.25) is 0 Å². The Kier molecular flexibility index (Phi) is 3.33. The van der Waals surface area contributed by atoms with E-state index in [1.165, 1.54) is 36.2 Å². The van der Waals surface area contributed by atoms with Crippen molar-refractivity contribution >= 4 is 46.5 Å². The maximum absolute atomic E-state index is 6.60. The molecule has 0 fully saturated rings. The van der Waals surface area contributed by atoms with E-state index in [0.29, 0.717) is 12.3 Å². The topological polar surface area (TPSA) is 47.6 Å². The fraction of sp³-hybridized carbons (Fsp3) is 0.263. The van der Waals surface area contributed by atoms with Crippen LogP contribution in [-0.2, 0) is 31.9 Å². The number of thiophene rings is 2. The average Bonchev–Trinajstić information content (AvgIpc) is 3.15. The molecule has 25 heavy (non-hydrogen) atoms. The molecular formula is C19H16N2OS3. The maximum atomic E-state index is 6.60. The third-order valence-corrected chi connectivity index (χ3v) is 7.39. The SMILES string of the molecule is Cc1cc2c(s1)-c1c(c3c(c(N)c1N=S)-c1sc(C)cc1CO3)CC2. The first-order valence-electron chi connectivity index (χ1n) is 8.22. The normalized spacial score (nSPS) is 14.2. The summed E-state index contributed by atoms with van der Waals surface area (Å²) in [5, 5.41) is 0. The van der Waals surface area contributed by atoms with Gasteiger partial charge in [0.1, 0.15) is 18.0 Å². The first-order chi connectivity index (χ1) is 12.1. The zero-order chi connectivity index (χ0) is 17.3. The van der Waals surface area contributed by atoms with Crippen molar-refractivity contribution in [3.05, 3.63) is 38.6 Å². The number of ether oxygens (including phenoxy) is 1. The second-order valence-electron chi connectivity index (χ2n) is 6.62. The van der Waals surface area contributed by atoms with Crippen LogP contribution in [-0.4, -0.2) is 0 Å². The lowest BCUT2D eigenvalue weighted by atomic mass is 9.85. The molecule has 0 radical (unpaired) electrons. The summed E-state index contributed by atoms with van der Waals surface area (Å²) in [4.78, 5) is 5.05. The molecule has 1 aliphatic carbocycles. The molecule has 0 bridgehead atoms. The van der Waals surface area contributed by atoms with Crippen molar-refractivity contribution in [1.29, 1.82) is 0 Å². The van der Waals surface area contributed by atoms with Crippen LogP contribution in [0.15, 0.2) is 16.5 Å². The number of rotatable bonds is 1. The fourth-order valence-electron chi connectivity index (χ4n) is 4.00. The van der Waals surface area contributed by atoms with Gasteiger partial charge in [-0.2, -0.15) is 4.36 Å². The first-order valence-corrected chi connectivity index (χ1v) is 10.2. The number of hydrogen-bond donors (Lipinski definition) is 1. The molecule has 3 nitrogen and oxygen atoms in total. The summed E-state index contributed by atoms with van der Waals surface area (Å²) in [5.74, 6) is 0.945. The van der Waals surface area contributed by atoms with E-state index in [4.69, 9.17) is 22.9 Å². The summed E-state index contributed by atoms with van der Waals surface area (Å²) >= 11 is 8.72.